The molecule has 114 valence electrons. The van der Waals surface area contributed by atoms with Gasteiger partial charge in [0.1, 0.15) is 11.4 Å². The van der Waals surface area contributed by atoms with Crippen molar-refractivity contribution in [2.24, 2.45) is 0 Å². The van der Waals surface area contributed by atoms with Gasteiger partial charge >= 0.3 is 5.97 Å². The predicted octanol–water partition coefficient (Wildman–Crippen LogP) is 2.86. The second kappa shape index (κ2) is 5.42. The monoisotopic (exact) mass is 316 g/mol. The van der Waals surface area contributed by atoms with E-state index in [9.17, 15) is 4.79 Å². The van der Waals surface area contributed by atoms with Crippen LogP contribution in [0, 0.1) is 13.8 Å². The van der Waals surface area contributed by atoms with Gasteiger partial charge in [-0.3, -0.25) is 0 Å². The summed E-state index contributed by atoms with van der Waals surface area (Å²) in [7, 11) is 0. The first-order chi connectivity index (χ1) is 10.5. The molecule has 0 aliphatic carbocycles. The minimum absolute atomic E-state index is 0.243. The summed E-state index contributed by atoms with van der Waals surface area (Å²) >= 11 is 1.50. The van der Waals surface area contributed by atoms with Gasteiger partial charge in [0.05, 0.1) is 23.0 Å². The van der Waals surface area contributed by atoms with Crippen LogP contribution in [0.3, 0.4) is 0 Å². The first kappa shape index (κ1) is 14.5. The number of ether oxygens (including phenoxy) is 1. The summed E-state index contributed by atoms with van der Waals surface area (Å²) in [6.07, 6.45) is 1.42. The molecule has 2 N–H and O–H groups in total. The lowest BCUT2D eigenvalue weighted by atomic mass is 10.1. The Morgan fingerprint density at radius 1 is 1.36 bits per heavy atom. The van der Waals surface area contributed by atoms with Gasteiger partial charge in [-0.25, -0.2) is 9.78 Å². The van der Waals surface area contributed by atoms with Crippen molar-refractivity contribution < 1.29 is 9.53 Å². The molecular formula is C15H16N4O2S. The van der Waals surface area contributed by atoms with Crippen molar-refractivity contribution in [2.45, 2.75) is 20.8 Å². The number of carbonyl (C=O) groups excluding carboxylic acids is 1. The van der Waals surface area contributed by atoms with Gasteiger partial charge in [-0.1, -0.05) is 23.5 Å². The Balaban J connectivity index is 2.11. The number of aryl methyl sites for hydroxylation is 2. The lowest BCUT2D eigenvalue weighted by molar-refractivity contribution is 0.0527. The highest BCUT2D eigenvalue weighted by molar-refractivity contribution is 7.21. The molecule has 3 aromatic rings. The molecular weight excluding hydrogens is 300 g/mol. The van der Waals surface area contributed by atoms with E-state index in [1.54, 1.807) is 6.92 Å². The number of anilines is 1. The minimum atomic E-state index is -0.472. The van der Waals surface area contributed by atoms with E-state index in [0.29, 0.717) is 11.7 Å². The molecule has 0 atom stereocenters. The van der Waals surface area contributed by atoms with Gasteiger partial charge in [0.2, 0.25) is 5.13 Å². The number of nitrogens with two attached hydrogens (primary N) is 1. The van der Waals surface area contributed by atoms with Crippen molar-refractivity contribution in [3.63, 3.8) is 0 Å². The molecule has 0 aliphatic heterocycles. The third kappa shape index (κ3) is 2.23. The highest BCUT2D eigenvalue weighted by Gasteiger charge is 2.19. The van der Waals surface area contributed by atoms with Crippen LogP contribution >= 0.6 is 11.3 Å². The Hall–Kier alpha value is -2.41. The number of hydrogen-bond acceptors (Lipinski definition) is 6. The Kier molecular flexibility index (Phi) is 3.58. The topological polar surface area (TPSA) is 83.0 Å². The number of benzene rings is 1. The lowest BCUT2D eigenvalue weighted by Crippen LogP contribution is -2.08. The number of aromatic nitrogens is 3. The van der Waals surface area contributed by atoms with Gasteiger partial charge in [-0.15, -0.1) is 0 Å². The Morgan fingerprint density at radius 2 is 2.09 bits per heavy atom. The molecule has 7 heteroatoms. The molecule has 2 aromatic heterocycles. The second-order valence-corrected chi connectivity index (χ2v) is 5.93. The fourth-order valence-corrected chi connectivity index (χ4v) is 3.30. The van der Waals surface area contributed by atoms with E-state index in [1.165, 1.54) is 22.2 Å². The number of rotatable bonds is 3. The normalized spacial score (nSPS) is 11.0. The Morgan fingerprint density at radius 3 is 2.77 bits per heavy atom. The largest absolute Gasteiger partial charge is 0.462 e. The van der Waals surface area contributed by atoms with E-state index in [4.69, 9.17) is 10.5 Å². The summed E-state index contributed by atoms with van der Waals surface area (Å²) in [5, 5.41) is 4.82. The van der Waals surface area contributed by atoms with Gasteiger partial charge in [0, 0.05) is 0 Å². The first-order valence-electron chi connectivity index (χ1n) is 6.90. The molecule has 0 fully saturated rings. The molecule has 22 heavy (non-hydrogen) atoms. The number of fused-ring (bicyclic) bond motifs is 1. The van der Waals surface area contributed by atoms with E-state index in [1.807, 2.05) is 19.9 Å². The van der Waals surface area contributed by atoms with Crippen LogP contribution in [0.5, 0.6) is 0 Å². The van der Waals surface area contributed by atoms with Crippen molar-refractivity contribution >= 4 is 33.3 Å². The summed E-state index contributed by atoms with van der Waals surface area (Å²) in [5.74, 6) is -0.229. The summed E-state index contributed by atoms with van der Waals surface area (Å²) in [6, 6.07) is 4.10. The zero-order valence-electron chi connectivity index (χ0n) is 12.6. The van der Waals surface area contributed by atoms with E-state index in [2.05, 4.69) is 16.1 Å². The molecule has 0 bridgehead atoms. The summed E-state index contributed by atoms with van der Waals surface area (Å²) in [5.41, 5.74) is 9.48. The molecule has 3 rings (SSSR count). The van der Waals surface area contributed by atoms with E-state index in [0.717, 1.165) is 21.3 Å². The summed E-state index contributed by atoms with van der Waals surface area (Å²) < 4.78 is 7.55. The molecule has 0 spiro atoms. The zero-order chi connectivity index (χ0) is 15.9. The third-order valence-electron chi connectivity index (χ3n) is 3.41. The molecule has 0 amide bonds. The maximum absolute atomic E-state index is 11.8. The van der Waals surface area contributed by atoms with Crippen molar-refractivity contribution in [1.29, 1.82) is 0 Å². The van der Waals surface area contributed by atoms with Crippen LogP contribution in [0.4, 0.5) is 5.82 Å². The van der Waals surface area contributed by atoms with Gasteiger partial charge in [0.15, 0.2) is 0 Å². The van der Waals surface area contributed by atoms with Gasteiger partial charge < -0.3 is 10.5 Å². The molecule has 6 nitrogen and oxygen atoms in total. The van der Waals surface area contributed by atoms with Crippen LogP contribution in [-0.2, 0) is 4.74 Å². The molecule has 1 aromatic carbocycles. The average Bonchev–Trinajstić information content (AvgIpc) is 3.07. The maximum atomic E-state index is 11.8. The Labute approximate surface area is 131 Å². The Bertz CT molecular complexity index is 827. The molecule has 0 aliphatic rings. The van der Waals surface area contributed by atoms with Crippen molar-refractivity contribution in [2.75, 3.05) is 12.3 Å². The summed E-state index contributed by atoms with van der Waals surface area (Å²) in [4.78, 5) is 16.4. The highest BCUT2D eigenvalue weighted by atomic mass is 32.1. The minimum Gasteiger partial charge on any atom is -0.462 e. The number of esters is 1. The van der Waals surface area contributed by atoms with Crippen LogP contribution in [0.25, 0.3) is 15.3 Å². The maximum Gasteiger partial charge on any atom is 0.343 e. The average molecular weight is 316 g/mol. The van der Waals surface area contributed by atoms with Crippen LogP contribution in [-0.4, -0.2) is 27.3 Å². The standard InChI is InChI=1S/C15H16N4O2S/c1-4-21-14(20)10-7-17-19(13(10)16)15-18-11-8(2)5-6-9(3)12(11)22-15/h5-7H,4,16H2,1-3H3. The first-order valence-corrected chi connectivity index (χ1v) is 7.72. The molecule has 0 saturated heterocycles. The van der Waals surface area contributed by atoms with Crippen LogP contribution in [0.15, 0.2) is 18.3 Å². The van der Waals surface area contributed by atoms with Crippen molar-refractivity contribution in [1.82, 2.24) is 14.8 Å². The number of nitrogen functional groups attached to an aromatic ring is 1. The van der Waals surface area contributed by atoms with Crippen molar-refractivity contribution in [3.8, 4) is 5.13 Å². The third-order valence-corrected chi connectivity index (χ3v) is 4.58. The predicted molar refractivity (Wildman–Crippen MR) is 86.6 cm³/mol. The molecule has 2 heterocycles. The number of hydrogen-bond donors (Lipinski definition) is 1. The molecule has 0 saturated carbocycles. The fraction of sp³-hybridized carbons (Fsp3) is 0.267. The second-order valence-electron chi connectivity index (χ2n) is 4.95. The van der Waals surface area contributed by atoms with Gasteiger partial charge in [-0.2, -0.15) is 9.78 Å². The van der Waals surface area contributed by atoms with E-state index >= 15 is 0 Å². The SMILES string of the molecule is CCOC(=O)c1cnn(-c2nc3c(C)ccc(C)c3s2)c1N. The molecule has 0 unspecified atom stereocenters. The smallest absolute Gasteiger partial charge is 0.343 e. The number of thiazole rings is 1. The highest BCUT2D eigenvalue weighted by Crippen LogP contribution is 2.31. The van der Waals surface area contributed by atoms with Crippen molar-refractivity contribution in [3.05, 3.63) is 35.0 Å². The quantitative estimate of drug-likeness (QED) is 0.751. The van der Waals surface area contributed by atoms with E-state index in [-0.39, 0.29) is 11.4 Å². The van der Waals surface area contributed by atoms with Crippen LogP contribution in [0.1, 0.15) is 28.4 Å². The van der Waals surface area contributed by atoms with E-state index < -0.39 is 5.97 Å². The zero-order valence-corrected chi connectivity index (χ0v) is 13.4. The fourth-order valence-electron chi connectivity index (χ4n) is 2.22. The van der Waals surface area contributed by atoms with Crippen LogP contribution < -0.4 is 5.73 Å². The summed E-state index contributed by atoms with van der Waals surface area (Å²) in [6.45, 7) is 6.10. The number of carbonyl (C=O) groups is 1. The molecule has 0 radical (unpaired) electrons. The van der Waals surface area contributed by atoms with Crippen LogP contribution in [0.2, 0.25) is 0 Å². The van der Waals surface area contributed by atoms with Gasteiger partial charge in [-0.05, 0) is 31.9 Å². The number of nitrogens with zero attached hydrogens (tertiary/aromatic N) is 3. The lowest BCUT2D eigenvalue weighted by Gasteiger charge is -2.01. The van der Waals surface area contributed by atoms with Gasteiger partial charge in [0.25, 0.3) is 0 Å².